The first-order chi connectivity index (χ1) is 8.37. The van der Waals surface area contributed by atoms with E-state index in [1.54, 1.807) is 6.20 Å². The van der Waals surface area contributed by atoms with Gasteiger partial charge >= 0.3 is 6.09 Å². The van der Waals surface area contributed by atoms with Crippen LogP contribution in [0, 0.1) is 6.92 Å². The number of anilines is 1. The van der Waals surface area contributed by atoms with E-state index in [4.69, 9.17) is 4.74 Å². The molecule has 4 nitrogen and oxygen atoms in total. The van der Waals surface area contributed by atoms with E-state index in [1.165, 1.54) is 11.5 Å². The highest BCUT2D eigenvalue weighted by molar-refractivity contribution is 7.13. The first-order valence-corrected chi connectivity index (χ1v) is 6.48. The summed E-state index contributed by atoms with van der Waals surface area (Å²) >= 11 is 1.41. The van der Waals surface area contributed by atoms with Gasteiger partial charge in [0.25, 0.3) is 0 Å². The first-order valence-electron chi connectivity index (χ1n) is 5.71. The molecular formula is C13H16N2O2S. The zero-order valence-corrected chi connectivity index (χ0v) is 11.7. The van der Waals surface area contributed by atoms with Crippen molar-refractivity contribution < 1.29 is 9.53 Å². The van der Waals surface area contributed by atoms with Crippen molar-refractivity contribution in [1.29, 1.82) is 0 Å². The Hall–Kier alpha value is -1.62. The molecular weight excluding hydrogens is 248 g/mol. The summed E-state index contributed by atoms with van der Waals surface area (Å²) in [5.74, 6) is 0. The SMILES string of the molecule is Cc1ccc2sncc2c1NC(=O)OC(C)(C)C. The van der Waals surface area contributed by atoms with Gasteiger partial charge in [-0.25, -0.2) is 4.79 Å². The molecule has 1 aromatic heterocycles. The summed E-state index contributed by atoms with van der Waals surface area (Å²) in [5, 5.41) is 3.75. The molecule has 0 radical (unpaired) electrons. The van der Waals surface area contributed by atoms with E-state index in [1.807, 2.05) is 39.8 Å². The fraction of sp³-hybridized carbons (Fsp3) is 0.385. The van der Waals surface area contributed by atoms with Gasteiger partial charge in [-0.1, -0.05) is 6.07 Å². The van der Waals surface area contributed by atoms with Crippen molar-refractivity contribution in [2.24, 2.45) is 0 Å². The molecule has 0 saturated heterocycles. The molecule has 0 unspecified atom stereocenters. The van der Waals surface area contributed by atoms with Crippen LogP contribution in [-0.2, 0) is 4.74 Å². The molecule has 5 heteroatoms. The number of carbonyl (C=O) groups excluding carboxylic acids is 1. The minimum atomic E-state index is -0.501. The Labute approximate surface area is 110 Å². The molecule has 0 aliphatic rings. The summed E-state index contributed by atoms with van der Waals surface area (Å²) in [7, 11) is 0. The molecule has 0 spiro atoms. The molecule has 2 aromatic rings. The number of hydrogen-bond acceptors (Lipinski definition) is 4. The topological polar surface area (TPSA) is 51.2 Å². The van der Waals surface area contributed by atoms with Crippen molar-refractivity contribution in [2.75, 3.05) is 5.32 Å². The summed E-state index contributed by atoms with van der Waals surface area (Å²) in [6.07, 6.45) is 1.32. The highest BCUT2D eigenvalue weighted by Gasteiger charge is 2.18. The van der Waals surface area contributed by atoms with Crippen molar-refractivity contribution >= 4 is 33.4 Å². The average molecular weight is 264 g/mol. The van der Waals surface area contributed by atoms with Crippen molar-refractivity contribution in [2.45, 2.75) is 33.3 Å². The Balaban J connectivity index is 2.28. The smallest absolute Gasteiger partial charge is 0.412 e. The molecule has 1 heterocycles. The van der Waals surface area contributed by atoms with E-state index >= 15 is 0 Å². The molecule has 18 heavy (non-hydrogen) atoms. The van der Waals surface area contributed by atoms with Gasteiger partial charge < -0.3 is 4.74 Å². The van der Waals surface area contributed by atoms with Gasteiger partial charge in [0.1, 0.15) is 5.60 Å². The number of benzene rings is 1. The van der Waals surface area contributed by atoms with Crippen LogP contribution < -0.4 is 5.32 Å². The Morgan fingerprint density at radius 1 is 1.39 bits per heavy atom. The lowest BCUT2D eigenvalue weighted by Gasteiger charge is -2.20. The molecule has 0 bridgehead atoms. The van der Waals surface area contributed by atoms with Crippen LogP contribution in [0.5, 0.6) is 0 Å². The van der Waals surface area contributed by atoms with Crippen molar-refractivity contribution in [3.8, 4) is 0 Å². The fourth-order valence-corrected chi connectivity index (χ4v) is 2.28. The summed E-state index contributed by atoms with van der Waals surface area (Å²) in [6, 6.07) is 3.97. The molecule has 1 aromatic carbocycles. The average Bonchev–Trinajstić information content (AvgIpc) is 2.67. The lowest BCUT2D eigenvalue weighted by Crippen LogP contribution is -2.27. The number of aromatic nitrogens is 1. The Morgan fingerprint density at radius 2 is 2.11 bits per heavy atom. The highest BCUT2D eigenvalue weighted by atomic mass is 32.1. The molecule has 2 rings (SSSR count). The lowest BCUT2D eigenvalue weighted by molar-refractivity contribution is 0.0636. The first kappa shape index (κ1) is 12.8. The number of fused-ring (bicyclic) bond motifs is 1. The van der Waals surface area contributed by atoms with Crippen LogP contribution in [0.1, 0.15) is 26.3 Å². The van der Waals surface area contributed by atoms with E-state index in [9.17, 15) is 4.79 Å². The van der Waals surface area contributed by atoms with Crippen molar-refractivity contribution in [1.82, 2.24) is 4.37 Å². The predicted octanol–water partition coefficient (Wildman–Crippen LogP) is 3.95. The van der Waals surface area contributed by atoms with Crippen molar-refractivity contribution in [3.63, 3.8) is 0 Å². The van der Waals surface area contributed by atoms with Gasteiger partial charge in [0.2, 0.25) is 0 Å². The Kier molecular flexibility index (Phi) is 3.26. The number of aryl methyl sites for hydroxylation is 1. The highest BCUT2D eigenvalue weighted by Crippen LogP contribution is 2.29. The molecule has 1 N–H and O–H groups in total. The summed E-state index contributed by atoms with van der Waals surface area (Å²) < 4.78 is 10.4. The van der Waals surface area contributed by atoms with Gasteiger partial charge in [-0.2, -0.15) is 4.37 Å². The van der Waals surface area contributed by atoms with E-state index in [0.29, 0.717) is 0 Å². The molecule has 0 atom stereocenters. The zero-order chi connectivity index (χ0) is 13.3. The molecule has 96 valence electrons. The van der Waals surface area contributed by atoms with E-state index in [-0.39, 0.29) is 0 Å². The largest absolute Gasteiger partial charge is 0.444 e. The quantitative estimate of drug-likeness (QED) is 0.848. The number of amides is 1. The molecule has 0 saturated carbocycles. The maximum atomic E-state index is 11.8. The third-order valence-electron chi connectivity index (χ3n) is 2.37. The third kappa shape index (κ3) is 2.79. The number of carbonyl (C=O) groups is 1. The number of ether oxygens (including phenoxy) is 1. The second-order valence-corrected chi connectivity index (χ2v) is 5.96. The van der Waals surface area contributed by atoms with Gasteiger partial charge in [0, 0.05) is 5.39 Å². The van der Waals surface area contributed by atoms with Crippen LogP contribution >= 0.6 is 11.5 Å². The third-order valence-corrected chi connectivity index (χ3v) is 3.14. The fourth-order valence-electron chi connectivity index (χ4n) is 1.62. The summed E-state index contributed by atoms with van der Waals surface area (Å²) in [5.41, 5.74) is 1.27. The van der Waals surface area contributed by atoms with E-state index in [0.717, 1.165) is 21.3 Å². The Bertz CT molecular complexity index is 584. The summed E-state index contributed by atoms with van der Waals surface area (Å²) in [4.78, 5) is 11.8. The van der Waals surface area contributed by atoms with Crippen LogP contribution in [-0.4, -0.2) is 16.1 Å². The second-order valence-electron chi connectivity index (χ2n) is 5.12. The van der Waals surface area contributed by atoms with Crippen molar-refractivity contribution in [3.05, 3.63) is 23.9 Å². The molecule has 0 aliphatic heterocycles. The molecule has 1 amide bonds. The minimum Gasteiger partial charge on any atom is -0.444 e. The standard InChI is InChI=1S/C13H16N2O2S/c1-8-5-6-10-9(7-14-18-10)11(8)15-12(16)17-13(2,3)4/h5-7H,1-4H3,(H,15,16). The summed E-state index contributed by atoms with van der Waals surface area (Å²) in [6.45, 7) is 7.47. The van der Waals surface area contributed by atoms with Gasteiger partial charge in [-0.05, 0) is 50.9 Å². The Morgan fingerprint density at radius 3 is 2.78 bits per heavy atom. The number of rotatable bonds is 1. The number of nitrogens with one attached hydrogen (secondary N) is 1. The van der Waals surface area contributed by atoms with Gasteiger partial charge in [0.15, 0.2) is 0 Å². The monoisotopic (exact) mass is 264 g/mol. The van der Waals surface area contributed by atoms with Crippen LogP contribution in [0.15, 0.2) is 18.3 Å². The maximum Gasteiger partial charge on any atom is 0.412 e. The second kappa shape index (κ2) is 4.57. The van der Waals surface area contributed by atoms with Crippen LogP contribution in [0.2, 0.25) is 0 Å². The van der Waals surface area contributed by atoms with Gasteiger partial charge in [0.05, 0.1) is 16.6 Å². The van der Waals surface area contributed by atoms with Crippen LogP contribution in [0.4, 0.5) is 10.5 Å². The van der Waals surface area contributed by atoms with E-state index in [2.05, 4.69) is 9.69 Å². The van der Waals surface area contributed by atoms with Crippen LogP contribution in [0.25, 0.3) is 10.1 Å². The minimum absolute atomic E-state index is 0.440. The van der Waals surface area contributed by atoms with Gasteiger partial charge in [-0.15, -0.1) is 0 Å². The lowest BCUT2D eigenvalue weighted by atomic mass is 10.1. The van der Waals surface area contributed by atoms with Crippen LogP contribution in [0.3, 0.4) is 0 Å². The number of hydrogen-bond donors (Lipinski definition) is 1. The molecule has 0 fully saturated rings. The zero-order valence-electron chi connectivity index (χ0n) is 10.9. The van der Waals surface area contributed by atoms with Gasteiger partial charge in [-0.3, -0.25) is 5.32 Å². The maximum absolute atomic E-state index is 11.8. The predicted molar refractivity (Wildman–Crippen MR) is 74.2 cm³/mol. The van der Waals surface area contributed by atoms with E-state index < -0.39 is 11.7 Å². The normalized spacial score (nSPS) is 11.6. The number of nitrogens with zero attached hydrogens (tertiary/aromatic N) is 1. The molecule has 0 aliphatic carbocycles.